The van der Waals surface area contributed by atoms with E-state index in [0.29, 0.717) is 17.8 Å². The molecule has 0 unspecified atom stereocenters. The van der Waals surface area contributed by atoms with Gasteiger partial charge in [0.05, 0.1) is 5.56 Å². The molecular weight excluding hydrogens is 294 g/mol. The van der Waals surface area contributed by atoms with Crippen LogP contribution in [0.4, 0.5) is 0 Å². The Morgan fingerprint density at radius 1 is 1.41 bits per heavy atom. The number of carbonyl (C=O) groups is 1. The third kappa shape index (κ3) is 2.15. The van der Waals surface area contributed by atoms with Gasteiger partial charge < -0.3 is 4.90 Å². The first-order valence-electron chi connectivity index (χ1n) is 7.80. The summed E-state index contributed by atoms with van der Waals surface area (Å²) >= 11 is 1.57. The van der Waals surface area contributed by atoms with Crippen LogP contribution in [0.5, 0.6) is 0 Å². The highest BCUT2D eigenvalue weighted by Crippen LogP contribution is 2.42. The molecule has 0 N–H and O–H groups in total. The lowest BCUT2D eigenvalue weighted by Gasteiger charge is -2.17. The molecule has 2 aromatic heterocycles. The summed E-state index contributed by atoms with van der Waals surface area (Å²) in [7, 11) is 0. The number of hydrogen-bond acceptors (Lipinski definition) is 4. The van der Waals surface area contributed by atoms with E-state index in [9.17, 15) is 4.79 Å². The molecule has 3 heterocycles. The van der Waals surface area contributed by atoms with Crippen molar-refractivity contribution in [1.82, 2.24) is 14.9 Å². The molecule has 0 aromatic carbocycles. The molecule has 22 heavy (non-hydrogen) atoms. The van der Waals surface area contributed by atoms with E-state index in [4.69, 9.17) is 4.98 Å². The average Bonchev–Trinajstić information content (AvgIpc) is 3.21. The van der Waals surface area contributed by atoms with E-state index >= 15 is 0 Å². The lowest BCUT2D eigenvalue weighted by Crippen LogP contribution is -2.29. The van der Waals surface area contributed by atoms with Gasteiger partial charge in [0, 0.05) is 42.2 Å². The van der Waals surface area contributed by atoms with Crippen LogP contribution in [0.2, 0.25) is 0 Å². The Bertz CT molecular complexity index is 711. The first-order valence-corrected chi connectivity index (χ1v) is 8.75. The molecule has 2 atom stereocenters. The van der Waals surface area contributed by atoms with Gasteiger partial charge in [0.1, 0.15) is 5.82 Å². The molecule has 1 fully saturated rings. The van der Waals surface area contributed by atoms with Gasteiger partial charge in [0.15, 0.2) is 0 Å². The molecule has 1 saturated heterocycles. The molecule has 1 amide bonds. The van der Waals surface area contributed by atoms with Crippen molar-refractivity contribution >= 4 is 17.2 Å². The van der Waals surface area contributed by atoms with E-state index in [0.717, 1.165) is 30.9 Å². The molecule has 2 aliphatic rings. The topological polar surface area (TPSA) is 46.1 Å². The van der Waals surface area contributed by atoms with Crippen molar-refractivity contribution in [3.63, 3.8) is 0 Å². The van der Waals surface area contributed by atoms with Crippen LogP contribution in [-0.4, -0.2) is 33.9 Å². The minimum Gasteiger partial charge on any atom is -0.338 e. The lowest BCUT2D eigenvalue weighted by molar-refractivity contribution is 0.0785. The highest BCUT2D eigenvalue weighted by atomic mass is 32.1. The van der Waals surface area contributed by atoms with E-state index in [-0.39, 0.29) is 5.91 Å². The predicted octanol–water partition coefficient (Wildman–Crippen LogP) is 3.07. The SMILES string of the molecule is CC(C)c1ncc2c(n1)C[C@H]1CN(C(=O)c3ccsc3)C[C@@H]21. The van der Waals surface area contributed by atoms with Crippen molar-refractivity contribution in [1.29, 1.82) is 0 Å². The minimum atomic E-state index is 0.164. The number of thiophene rings is 1. The second kappa shape index (κ2) is 5.16. The number of aromatic nitrogens is 2. The minimum absolute atomic E-state index is 0.164. The maximum atomic E-state index is 12.5. The second-order valence-corrected chi connectivity index (χ2v) is 7.36. The summed E-state index contributed by atoms with van der Waals surface area (Å²) in [6, 6.07) is 1.91. The molecular formula is C17H19N3OS. The summed E-state index contributed by atoms with van der Waals surface area (Å²) in [4.78, 5) is 23.8. The normalized spacial score (nSPS) is 23.0. The first kappa shape index (κ1) is 13.9. The fraction of sp³-hybridized carbons (Fsp3) is 0.471. The Morgan fingerprint density at radius 3 is 3.00 bits per heavy atom. The van der Waals surface area contributed by atoms with Gasteiger partial charge in [-0.1, -0.05) is 13.8 Å². The van der Waals surface area contributed by atoms with E-state index < -0.39 is 0 Å². The van der Waals surface area contributed by atoms with Crippen molar-refractivity contribution < 1.29 is 4.79 Å². The van der Waals surface area contributed by atoms with Gasteiger partial charge in [-0.05, 0) is 29.3 Å². The summed E-state index contributed by atoms with van der Waals surface area (Å²) in [6.07, 6.45) is 2.98. The van der Waals surface area contributed by atoms with Gasteiger partial charge in [0.2, 0.25) is 0 Å². The summed E-state index contributed by atoms with van der Waals surface area (Å²) in [5.41, 5.74) is 3.28. The largest absolute Gasteiger partial charge is 0.338 e. The molecule has 0 spiro atoms. The van der Waals surface area contributed by atoms with Crippen LogP contribution in [0, 0.1) is 5.92 Å². The van der Waals surface area contributed by atoms with Crippen LogP contribution in [0.1, 0.15) is 53.1 Å². The summed E-state index contributed by atoms with van der Waals surface area (Å²) < 4.78 is 0. The number of hydrogen-bond donors (Lipinski definition) is 0. The van der Waals surface area contributed by atoms with Gasteiger partial charge in [-0.25, -0.2) is 9.97 Å². The van der Waals surface area contributed by atoms with Gasteiger partial charge in [-0.2, -0.15) is 11.3 Å². The molecule has 1 aliphatic heterocycles. The Labute approximate surface area is 134 Å². The van der Waals surface area contributed by atoms with Crippen LogP contribution < -0.4 is 0 Å². The molecule has 2 aromatic rings. The van der Waals surface area contributed by atoms with E-state index in [1.54, 1.807) is 11.3 Å². The Kier molecular flexibility index (Phi) is 3.26. The van der Waals surface area contributed by atoms with Crippen LogP contribution in [0.15, 0.2) is 23.0 Å². The summed E-state index contributed by atoms with van der Waals surface area (Å²) in [5, 5.41) is 3.89. The zero-order chi connectivity index (χ0) is 15.3. The number of likely N-dealkylation sites (tertiary alicyclic amines) is 1. The molecule has 0 radical (unpaired) electrons. The Morgan fingerprint density at radius 2 is 2.27 bits per heavy atom. The first-order chi connectivity index (χ1) is 10.6. The highest BCUT2D eigenvalue weighted by molar-refractivity contribution is 7.08. The van der Waals surface area contributed by atoms with Crippen molar-refractivity contribution in [3.8, 4) is 0 Å². The van der Waals surface area contributed by atoms with Crippen molar-refractivity contribution in [2.24, 2.45) is 5.92 Å². The molecule has 5 heteroatoms. The van der Waals surface area contributed by atoms with Crippen LogP contribution in [-0.2, 0) is 6.42 Å². The van der Waals surface area contributed by atoms with Crippen molar-refractivity contribution in [3.05, 3.63) is 45.7 Å². The molecule has 0 bridgehead atoms. The highest BCUT2D eigenvalue weighted by Gasteiger charge is 2.42. The number of nitrogens with zero attached hydrogens (tertiary/aromatic N) is 3. The standard InChI is InChI=1S/C17H19N3OS/c1-10(2)16-18-6-13-14-8-20(7-12(14)5-15(13)19-16)17(21)11-3-4-22-9-11/h3-4,6,9-10,12,14H,5,7-8H2,1-2H3/t12-,14+/m0/s1. The maximum Gasteiger partial charge on any atom is 0.254 e. The van der Waals surface area contributed by atoms with Crippen LogP contribution in [0.25, 0.3) is 0 Å². The molecule has 1 aliphatic carbocycles. The predicted molar refractivity (Wildman–Crippen MR) is 86.3 cm³/mol. The van der Waals surface area contributed by atoms with Gasteiger partial charge >= 0.3 is 0 Å². The van der Waals surface area contributed by atoms with Crippen LogP contribution >= 0.6 is 11.3 Å². The Balaban J connectivity index is 1.56. The number of amides is 1. The van der Waals surface area contributed by atoms with E-state index in [1.807, 2.05) is 27.9 Å². The number of fused-ring (bicyclic) bond motifs is 3. The monoisotopic (exact) mass is 313 g/mol. The summed E-state index contributed by atoms with van der Waals surface area (Å²) in [5.74, 6) is 2.39. The fourth-order valence-corrected chi connectivity index (χ4v) is 4.24. The second-order valence-electron chi connectivity index (χ2n) is 6.58. The zero-order valence-electron chi connectivity index (χ0n) is 12.8. The van der Waals surface area contributed by atoms with Crippen molar-refractivity contribution in [2.45, 2.75) is 32.1 Å². The quantitative estimate of drug-likeness (QED) is 0.856. The molecule has 114 valence electrons. The van der Waals surface area contributed by atoms with Crippen molar-refractivity contribution in [2.75, 3.05) is 13.1 Å². The van der Waals surface area contributed by atoms with Gasteiger partial charge in [0.25, 0.3) is 5.91 Å². The smallest absolute Gasteiger partial charge is 0.254 e. The molecule has 4 rings (SSSR count). The lowest BCUT2D eigenvalue weighted by atomic mass is 9.97. The van der Waals surface area contributed by atoms with Gasteiger partial charge in [-0.15, -0.1) is 0 Å². The summed E-state index contributed by atoms with van der Waals surface area (Å²) in [6.45, 7) is 5.89. The third-order valence-electron chi connectivity index (χ3n) is 4.79. The average molecular weight is 313 g/mol. The number of carbonyl (C=O) groups excluding carboxylic acids is 1. The number of rotatable bonds is 2. The van der Waals surface area contributed by atoms with E-state index in [1.165, 1.54) is 11.3 Å². The fourth-order valence-electron chi connectivity index (χ4n) is 3.61. The maximum absolute atomic E-state index is 12.5. The van der Waals surface area contributed by atoms with E-state index in [2.05, 4.69) is 18.8 Å². The zero-order valence-corrected chi connectivity index (χ0v) is 13.6. The molecule has 0 saturated carbocycles. The Hall–Kier alpha value is -1.75. The van der Waals surface area contributed by atoms with Gasteiger partial charge in [-0.3, -0.25) is 4.79 Å². The third-order valence-corrected chi connectivity index (χ3v) is 5.47. The van der Waals surface area contributed by atoms with Crippen LogP contribution in [0.3, 0.4) is 0 Å². The molecule has 4 nitrogen and oxygen atoms in total.